The fraction of sp³-hybridized carbons (Fsp3) is 0.867. The SMILES string of the molecule is C#CCCCCNC1CCC(CCC)CC1. The number of unbranched alkanes of at least 4 members (excludes halogenated alkanes) is 2. The van der Waals surface area contributed by atoms with E-state index < -0.39 is 0 Å². The molecule has 1 aliphatic rings. The zero-order valence-electron chi connectivity index (χ0n) is 10.8. The molecular formula is C15H27N. The van der Waals surface area contributed by atoms with Gasteiger partial charge in [-0.3, -0.25) is 0 Å². The third kappa shape index (κ3) is 5.56. The van der Waals surface area contributed by atoms with E-state index in [2.05, 4.69) is 18.2 Å². The number of rotatable bonds is 7. The van der Waals surface area contributed by atoms with Crippen LogP contribution in [0, 0.1) is 18.3 Å². The molecule has 0 saturated heterocycles. The van der Waals surface area contributed by atoms with Crippen LogP contribution in [0.2, 0.25) is 0 Å². The molecule has 1 heteroatoms. The molecule has 0 spiro atoms. The van der Waals surface area contributed by atoms with Crippen molar-refractivity contribution in [2.75, 3.05) is 6.54 Å². The van der Waals surface area contributed by atoms with Crippen LogP contribution in [0.25, 0.3) is 0 Å². The molecule has 0 aromatic carbocycles. The van der Waals surface area contributed by atoms with E-state index in [9.17, 15) is 0 Å². The standard InChI is InChI=1S/C15H27N/c1-3-5-6-7-13-16-15-11-9-14(8-4-2)10-12-15/h1,14-16H,4-13H2,2H3. The lowest BCUT2D eigenvalue weighted by atomic mass is 9.83. The van der Waals surface area contributed by atoms with Gasteiger partial charge in [0.1, 0.15) is 0 Å². The zero-order valence-corrected chi connectivity index (χ0v) is 10.8. The first-order valence-electron chi connectivity index (χ1n) is 7.03. The predicted molar refractivity (Wildman–Crippen MR) is 71.3 cm³/mol. The monoisotopic (exact) mass is 221 g/mol. The van der Waals surface area contributed by atoms with Crippen LogP contribution in [-0.2, 0) is 0 Å². The average molecular weight is 221 g/mol. The fourth-order valence-corrected chi connectivity index (χ4v) is 2.72. The van der Waals surface area contributed by atoms with Gasteiger partial charge in [-0.2, -0.15) is 0 Å². The maximum atomic E-state index is 5.23. The van der Waals surface area contributed by atoms with Crippen molar-refractivity contribution < 1.29 is 0 Å². The molecule has 0 radical (unpaired) electrons. The summed E-state index contributed by atoms with van der Waals surface area (Å²) in [4.78, 5) is 0. The molecule has 1 rings (SSSR count). The Hall–Kier alpha value is -0.480. The van der Waals surface area contributed by atoms with Crippen molar-refractivity contribution in [1.82, 2.24) is 5.32 Å². The number of hydrogen-bond acceptors (Lipinski definition) is 1. The molecule has 16 heavy (non-hydrogen) atoms. The van der Waals surface area contributed by atoms with E-state index in [0.717, 1.165) is 24.9 Å². The van der Waals surface area contributed by atoms with E-state index in [4.69, 9.17) is 6.42 Å². The fourth-order valence-electron chi connectivity index (χ4n) is 2.72. The maximum absolute atomic E-state index is 5.23. The molecule has 1 fully saturated rings. The first kappa shape index (κ1) is 13.6. The Balaban J connectivity index is 1.98. The van der Waals surface area contributed by atoms with E-state index in [-0.39, 0.29) is 0 Å². The van der Waals surface area contributed by atoms with Crippen molar-refractivity contribution in [3.8, 4) is 12.3 Å². The van der Waals surface area contributed by atoms with Crippen molar-refractivity contribution in [1.29, 1.82) is 0 Å². The van der Waals surface area contributed by atoms with Gasteiger partial charge >= 0.3 is 0 Å². The van der Waals surface area contributed by atoms with Crippen LogP contribution in [0.5, 0.6) is 0 Å². The molecule has 0 aliphatic heterocycles. The quantitative estimate of drug-likeness (QED) is 0.510. The molecule has 0 atom stereocenters. The largest absolute Gasteiger partial charge is 0.314 e. The summed E-state index contributed by atoms with van der Waals surface area (Å²) in [7, 11) is 0. The normalized spacial score (nSPS) is 25.2. The van der Waals surface area contributed by atoms with E-state index in [1.54, 1.807) is 0 Å². The molecule has 0 unspecified atom stereocenters. The van der Waals surface area contributed by atoms with Crippen molar-refractivity contribution in [2.24, 2.45) is 5.92 Å². The van der Waals surface area contributed by atoms with Gasteiger partial charge in [0.05, 0.1) is 0 Å². The summed E-state index contributed by atoms with van der Waals surface area (Å²) in [5.74, 6) is 3.72. The van der Waals surface area contributed by atoms with Crippen LogP contribution in [0.3, 0.4) is 0 Å². The molecule has 1 nitrogen and oxygen atoms in total. The van der Waals surface area contributed by atoms with Gasteiger partial charge in [0.25, 0.3) is 0 Å². The topological polar surface area (TPSA) is 12.0 Å². The summed E-state index contributed by atoms with van der Waals surface area (Å²) < 4.78 is 0. The molecule has 0 bridgehead atoms. The van der Waals surface area contributed by atoms with Crippen LogP contribution in [-0.4, -0.2) is 12.6 Å². The summed E-state index contributed by atoms with van der Waals surface area (Å²) >= 11 is 0. The van der Waals surface area contributed by atoms with Crippen molar-refractivity contribution in [3.63, 3.8) is 0 Å². The van der Waals surface area contributed by atoms with E-state index in [0.29, 0.717) is 0 Å². The number of terminal acetylenes is 1. The van der Waals surface area contributed by atoms with E-state index >= 15 is 0 Å². The third-order valence-electron chi connectivity index (χ3n) is 3.72. The highest BCUT2D eigenvalue weighted by Crippen LogP contribution is 2.27. The van der Waals surface area contributed by atoms with Gasteiger partial charge in [0.15, 0.2) is 0 Å². The van der Waals surface area contributed by atoms with Crippen LogP contribution in [0.4, 0.5) is 0 Å². The van der Waals surface area contributed by atoms with Crippen LogP contribution >= 0.6 is 0 Å². The maximum Gasteiger partial charge on any atom is 0.00865 e. The van der Waals surface area contributed by atoms with Gasteiger partial charge < -0.3 is 5.32 Å². The van der Waals surface area contributed by atoms with Gasteiger partial charge in [-0.25, -0.2) is 0 Å². The number of hydrogen-bond donors (Lipinski definition) is 1. The Morgan fingerprint density at radius 2 is 1.94 bits per heavy atom. The van der Waals surface area contributed by atoms with Crippen molar-refractivity contribution in [3.05, 3.63) is 0 Å². The lowest BCUT2D eigenvalue weighted by Gasteiger charge is -2.29. The van der Waals surface area contributed by atoms with Crippen LogP contribution in [0.15, 0.2) is 0 Å². The highest BCUT2D eigenvalue weighted by molar-refractivity contribution is 4.83. The molecule has 1 saturated carbocycles. The van der Waals surface area contributed by atoms with Gasteiger partial charge in [0, 0.05) is 12.5 Å². The Bertz CT molecular complexity index is 196. The summed E-state index contributed by atoms with van der Waals surface area (Å²) in [6.45, 7) is 3.46. The smallest absolute Gasteiger partial charge is 0.00865 e. The second-order valence-electron chi connectivity index (χ2n) is 5.12. The third-order valence-corrected chi connectivity index (χ3v) is 3.72. The Morgan fingerprint density at radius 1 is 1.19 bits per heavy atom. The van der Waals surface area contributed by atoms with Gasteiger partial charge in [-0.15, -0.1) is 12.3 Å². The Morgan fingerprint density at radius 3 is 2.56 bits per heavy atom. The predicted octanol–water partition coefficient (Wildman–Crippen LogP) is 3.74. The summed E-state index contributed by atoms with van der Waals surface area (Å²) in [6, 6.07) is 0.791. The van der Waals surface area contributed by atoms with Gasteiger partial charge in [0.2, 0.25) is 0 Å². The molecule has 0 aromatic rings. The average Bonchev–Trinajstić information content (AvgIpc) is 2.31. The first-order valence-corrected chi connectivity index (χ1v) is 7.03. The first-order chi connectivity index (χ1) is 7.86. The molecular weight excluding hydrogens is 194 g/mol. The Kier molecular flexibility index (Phi) is 7.34. The summed E-state index contributed by atoms with van der Waals surface area (Å²) in [5.41, 5.74) is 0. The van der Waals surface area contributed by atoms with Crippen LogP contribution in [0.1, 0.15) is 64.7 Å². The van der Waals surface area contributed by atoms with Gasteiger partial charge in [-0.1, -0.05) is 19.8 Å². The van der Waals surface area contributed by atoms with Crippen LogP contribution < -0.4 is 5.32 Å². The highest BCUT2D eigenvalue weighted by atomic mass is 14.9. The minimum absolute atomic E-state index is 0.791. The number of nitrogens with one attached hydrogen (secondary N) is 1. The molecule has 1 aliphatic carbocycles. The van der Waals surface area contributed by atoms with Gasteiger partial charge in [-0.05, 0) is 51.0 Å². The molecule has 0 amide bonds. The summed E-state index contributed by atoms with van der Waals surface area (Å²) in [6.07, 6.45) is 17.0. The Labute approximate surface area is 101 Å². The van der Waals surface area contributed by atoms with Crippen molar-refractivity contribution >= 4 is 0 Å². The molecule has 0 aromatic heterocycles. The zero-order chi connectivity index (χ0) is 11.6. The molecule has 92 valence electrons. The minimum Gasteiger partial charge on any atom is -0.314 e. The lowest BCUT2D eigenvalue weighted by molar-refractivity contribution is 0.278. The van der Waals surface area contributed by atoms with E-state index in [1.807, 2.05) is 0 Å². The minimum atomic E-state index is 0.791. The second kappa shape index (κ2) is 8.65. The molecule has 0 heterocycles. The highest BCUT2D eigenvalue weighted by Gasteiger charge is 2.19. The molecule has 1 N–H and O–H groups in total. The summed E-state index contributed by atoms with van der Waals surface area (Å²) in [5, 5.41) is 3.67. The van der Waals surface area contributed by atoms with E-state index in [1.165, 1.54) is 51.4 Å². The second-order valence-corrected chi connectivity index (χ2v) is 5.12. The lowest BCUT2D eigenvalue weighted by Crippen LogP contribution is -2.33. The van der Waals surface area contributed by atoms with Crippen molar-refractivity contribution in [2.45, 2.75) is 70.8 Å².